The van der Waals surface area contributed by atoms with Crippen molar-refractivity contribution >= 4 is 17.7 Å². The van der Waals surface area contributed by atoms with Crippen LogP contribution >= 0.6 is 11.8 Å². The van der Waals surface area contributed by atoms with E-state index in [1.165, 1.54) is 18.6 Å². The Morgan fingerprint density at radius 1 is 1.48 bits per heavy atom. The Balaban J connectivity index is 1.94. The van der Waals surface area contributed by atoms with Crippen LogP contribution in [0.5, 0.6) is 5.75 Å². The Morgan fingerprint density at radius 3 is 2.76 bits per heavy atom. The van der Waals surface area contributed by atoms with Crippen molar-refractivity contribution in [3.05, 3.63) is 29.6 Å². The lowest BCUT2D eigenvalue weighted by Gasteiger charge is -2.40. The summed E-state index contributed by atoms with van der Waals surface area (Å²) >= 11 is 1.93. The fourth-order valence-corrected chi connectivity index (χ4v) is 5.46. The van der Waals surface area contributed by atoms with E-state index in [1.807, 2.05) is 11.8 Å². The van der Waals surface area contributed by atoms with Gasteiger partial charge in [0.15, 0.2) is 11.6 Å². The van der Waals surface area contributed by atoms with Crippen molar-refractivity contribution in [3.8, 4) is 5.75 Å². The lowest BCUT2D eigenvalue weighted by molar-refractivity contribution is -0.255. The minimum Gasteiger partial charge on any atom is -0.545 e. The van der Waals surface area contributed by atoms with E-state index in [-0.39, 0.29) is 17.2 Å². The normalized spacial score (nSPS) is 30.9. The van der Waals surface area contributed by atoms with E-state index in [4.69, 9.17) is 4.74 Å². The smallest absolute Gasteiger partial charge is 0.165 e. The van der Waals surface area contributed by atoms with Gasteiger partial charge in [-0.1, -0.05) is 13.8 Å². The number of fused-ring (bicyclic) bond motifs is 2. The molecule has 1 aromatic rings. The average Bonchev–Trinajstić information content (AvgIpc) is 3.02. The third kappa shape index (κ3) is 2.41. The summed E-state index contributed by atoms with van der Waals surface area (Å²) in [5, 5.41) is 11.9. The summed E-state index contributed by atoms with van der Waals surface area (Å²) in [6.45, 7) is 4.17. The van der Waals surface area contributed by atoms with Crippen LogP contribution in [0, 0.1) is 11.7 Å². The maximum absolute atomic E-state index is 14.0. The number of ether oxygens (including phenoxy) is 1. The minimum absolute atomic E-state index is 0.0264. The molecule has 2 aliphatic rings. The molecule has 114 valence electrons. The molecule has 2 aliphatic heterocycles. The first-order chi connectivity index (χ1) is 9.92. The summed E-state index contributed by atoms with van der Waals surface area (Å²) in [5.74, 6) is -1.57. The maximum atomic E-state index is 14.0. The van der Waals surface area contributed by atoms with E-state index in [0.717, 1.165) is 18.9 Å². The Hall–Kier alpha value is -1.23. The van der Waals surface area contributed by atoms with Gasteiger partial charge in [-0.3, -0.25) is 0 Å². The van der Waals surface area contributed by atoms with E-state index in [1.54, 1.807) is 0 Å². The molecule has 5 heteroatoms. The number of halogens is 1. The van der Waals surface area contributed by atoms with Gasteiger partial charge in [0, 0.05) is 22.5 Å². The number of carbonyl (C=O) groups is 1. The molecular formula is C16H18FO3S-. The van der Waals surface area contributed by atoms with Crippen LogP contribution in [0.4, 0.5) is 4.39 Å². The van der Waals surface area contributed by atoms with Gasteiger partial charge in [-0.15, -0.1) is 0 Å². The van der Waals surface area contributed by atoms with Crippen molar-refractivity contribution in [3.63, 3.8) is 0 Å². The van der Waals surface area contributed by atoms with Gasteiger partial charge in [-0.2, -0.15) is 11.8 Å². The molecule has 0 amide bonds. The Bertz CT molecular complexity index is 575. The molecular weight excluding hydrogens is 291 g/mol. The molecule has 3 unspecified atom stereocenters. The quantitative estimate of drug-likeness (QED) is 0.858. The molecule has 21 heavy (non-hydrogen) atoms. The SMILES string of the molecule is CC(C)C1(Oc2cc(C(=O)[O-])ccc2F)CC2CCC1S2. The van der Waals surface area contributed by atoms with E-state index in [2.05, 4.69) is 13.8 Å². The van der Waals surface area contributed by atoms with Gasteiger partial charge in [-0.25, -0.2) is 4.39 Å². The molecule has 0 saturated carbocycles. The number of carboxylic acid groups (broad SMARTS) is 1. The van der Waals surface area contributed by atoms with E-state index in [9.17, 15) is 14.3 Å². The average molecular weight is 309 g/mol. The number of carboxylic acids is 1. The van der Waals surface area contributed by atoms with E-state index >= 15 is 0 Å². The lowest BCUT2D eigenvalue weighted by Crippen LogP contribution is -2.49. The van der Waals surface area contributed by atoms with E-state index < -0.39 is 17.4 Å². The molecule has 2 bridgehead atoms. The topological polar surface area (TPSA) is 49.4 Å². The van der Waals surface area contributed by atoms with Gasteiger partial charge in [-0.05, 0) is 37.0 Å². The monoisotopic (exact) mass is 309 g/mol. The first-order valence-electron chi connectivity index (χ1n) is 7.28. The molecule has 1 aromatic carbocycles. The zero-order valence-corrected chi connectivity index (χ0v) is 12.9. The Kier molecular flexibility index (Phi) is 3.64. The first-order valence-corrected chi connectivity index (χ1v) is 8.22. The highest BCUT2D eigenvalue weighted by molar-refractivity contribution is 8.01. The minimum atomic E-state index is -1.32. The molecule has 0 aromatic heterocycles. The van der Waals surface area contributed by atoms with Crippen LogP contribution in [0.15, 0.2) is 18.2 Å². The van der Waals surface area contributed by atoms with Gasteiger partial charge in [0.25, 0.3) is 0 Å². The second-order valence-corrected chi connectivity index (χ2v) is 7.68. The highest BCUT2D eigenvalue weighted by Crippen LogP contribution is 2.56. The van der Waals surface area contributed by atoms with Crippen molar-refractivity contribution in [1.29, 1.82) is 0 Å². The van der Waals surface area contributed by atoms with Gasteiger partial charge in [0.05, 0.1) is 5.97 Å². The fraction of sp³-hybridized carbons (Fsp3) is 0.562. The number of hydrogen-bond donors (Lipinski definition) is 0. The molecule has 0 N–H and O–H groups in total. The van der Waals surface area contributed by atoms with Crippen molar-refractivity contribution in [1.82, 2.24) is 0 Å². The molecule has 2 saturated heterocycles. The molecule has 0 aliphatic carbocycles. The van der Waals surface area contributed by atoms with Crippen LogP contribution in [0.1, 0.15) is 43.5 Å². The van der Waals surface area contributed by atoms with Crippen LogP contribution in [0.2, 0.25) is 0 Å². The molecule has 3 atom stereocenters. The second-order valence-electron chi connectivity index (χ2n) is 6.17. The fourth-order valence-electron chi connectivity index (χ4n) is 3.45. The van der Waals surface area contributed by atoms with Crippen molar-refractivity contribution in [2.75, 3.05) is 0 Å². The summed E-state index contributed by atoms with van der Waals surface area (Å²) in [4.78, 5) is 10.9. The van der Waals surface area contributed by atoms with Crippen molar-refractivity contribution in [2.45, 2.75) is 49.2 Å². The van der Waals surface area contributed by atoms with Gasteiger partial charge >= 0.3 is 0 Å². The molecule has 0 spiro atoms. The molecule has 0 radical (unpaired) electrons. The number of thioether (sulfide) groups is 1. The van der Waals surface area contributed by atoms with Crippen molar-refractivity contribution in [2.24, 2.45) is 5.92 Å². The number of benzene rings is 1. The first kappa shape index (κ1) is 14.7. The highest BCUT2D eigenvalue weighted by atomic mass is 32.2. The maximum Gasteiger partial charge on any atom is 0.165 e. The summed E-state index contributed by atoms with van der Waals surface area (Å²) in [7, 11) is 0. The van der Waals surface area contributed by atoms with Gasteiger partial charge in [0.2, 0.25) is 0 Å². The standard InChI is InChI=1S/C16H19FO3S/c1-9(2)16(8-11-4-6-14(16)21-11)20-13-7-10(15(18)19)3-5-12(13)17/h3,5,7,9,11,14H,4,6,8H2,1-2H3,(H,18,19)/p-1. The van der Waals surface area contributed by atoms with Gasteiger partial charge in [0.1, 0.15) is 5.60 Å². The third-order valence-corrected chi connectivity index (χ3v) is 6.39. The number of hydrogen-bond acceptors (Lipinski definition) is 4. The Labute approximate surface area is 127 Å². The predicted molar refractivity (Wildman–Crippen MR) is 77.9 cm³/mol. The predicted octanol–water partition coefficient (Wildman–Crippen LogP) is 2.63. The molecule has 3 rings (SSSR count). The molecule has 2 heterocycles. The summed E-state index contributed by atoms with van der Waals surface area (Å²) < 4.78 is 20.1. The van der Waals surface area contributed by atoms with Gasteiger partial charge < -0.3 is 14.6 Å². The van der Waals surface area contributed by atoms with E-state index in [0.29, 0.717) is 10.5 Å². The zero-order valence-electron chi connectivity index (χ0n) is 12.1. The Morgan fingerprint density at radius 2 is 2.24 bits per heavy atom. The number of aromatic carboxylic acids is 1. The van der Waals surface area contributed by atoms with Crippen LogP contribution in [-0.2, 0) is 0 Å². The van der Waals surface area contributed by atoms with Crippen LogP contribution < -0.4 is 9.84 Å². The lowest BCUT2D eigenvalue weighted by atomic mass is 9.77. The van der Waals surface area contributed by atoms with Crippen LogP contribution in [0.3, 0.4) is 0 Å². The third-order valence-electron chi connectivity index (χ3n) is 4.64. The number of carbonyl (C=O) groups excluding carboxylic acids is 1. The molecule has 2 fully saturated rings. The summed E-state index contributed by atoms with van der Waals surface area (Å²) in [6, 6.07) is 3.58. The highest BCUT2D eigenvalue weighted by Gasteiger charge is 2.55. The number of rotatable bonds is 4. The van der Waals surface area contributed by atoms with Crippen molar-refractivity contribution < 1.29 is 19.0 Å². The van der Waals surface area contributed by atoms with Crippen LogP contribution in [-0.4, -0.2) is 22.1 Å². The largest absolute Gasteiger partial charge is 0.545 e. The summed E-state index contributed by atoms with van der Waals surface area (Å²) in [5.41, 5.74) is -0.458. The zero-order chi connectivity index (χ0) is 15.2. The second kappa shape index (κ2) is 5.20. The summed E-state index contributed by atoms with van der Waals surface area (Å²) in [6.07, 6.45) is 3.17. The molecule has 3 nitrogen and oxygen atoms in total. The van der Waals surface area contributed by atoms with Crippen LogP contribution in [0.25, 0.3) is 0 Å².